The number of aliphatic carboxylic acids is 2. The molecule has 0 rings (SSSR count). The minimum Gasteiger partial charge on any atom is -0.481 e. The molecule has 29 heavy (non-hydrogen) atoms. The Kier molecular flexibility index (Phi) is 12.7. The molecule has 0 aliphatic heterocycles. The molecule has 11 nitrogen and oxygen atoms in total. The number of nitrogens with one attached hydrogen (secondary N) is 3. The fourth-order valence-corrected chi connectivity index (χ4v) is 2.80. The van der Waals surface area contributed by atoms with Gasteiger partial charge in [0, 0.05) is 6.42 Å². The second-order valence-electron chi connectivity index (χ2n) is 6.67. The zero-order chi connectivity index (χ0) is 22.6. The number of hydrogen-bond donors (Lipinski definition) is 6. The zero-order valence-electron chi connectivity index (χ0n) is 16.8. The molecule has 7 N–H and O–H groups in total. The van der Waals surface area contributed by atoms with E-state index in [9.17, 15) is 29.1 Å². The van der Waals surface area contributed by atoms with Crippen molar-refractivity contribution in [3.05, 3.63) is 0 Å². The fourth-order valence-electron chi connectivity index (χ4n) is 2.33. The lowest BCUT2D eigenvalue weighted by molar-refractivity contribution is -0.142. The molecule has 0 aromatic carbocycles. The van der Waals surface area contributed by atoms with Crippen LogP contribution in [0, 0.1) is 5.92 Å². The highest BCUT2D eigenvalue weighted by Gasteiger charge is 2.31. The summed E-state index contributed by atoms with van der Waals surface area (Å²) in [5.41, 5.74) is 5.22. The van der Waals surface area contributed by atoms with Crippen molar-refractivity contribution in [2.45, 2.75) is 51.2 Å². The van der Waals surface area contributed by atoms with Crippen molar-refractivity contribution in [3.8, 4) is 0 Å². The molecule has 0 aliphatic carbocycles. The number of carboxylic acid groups (broad SMARTS) is 2. The quantitative estimate of drug-likeness (QED) is 0.194. The standard InChI is InChI=1S/C17H30N4O7S/c1-9(2)14(16(26)20-11(17(27)28)6-7-29-3)21-15(25)10(4-5-13(23)24)19-12(22)8-18/h9-11,14H,4-8,18H2,1-3H3,(H,19,22)(H,20,26)(H,21,25)(H,23,24)(H,27,28). The monoisotopic (exact) mass is 434 g/mol. The van der Waals surface area contributed by atoms with E-state index in [0.29, 0.717) is 5.75 Å². The molecule has 3 amide bonds. The number of amides is 3. The molecule has 166 valence electrons. The number of rotatable bonds is 14. The molecule has 0 fully saturated rings. The average molecular weight is 435 g/mol. The van der Waals surface area contributed by atoms with E-state index in [1.807, 2.05) is 6.26 Å². The molecule has 0 radical (unpaired) electrons. The maximum absolute atomic E-state index is 12.6. The van der Waals surface area contributed by atoms with Gasteiger partial charge >= 0.3 is 11.9 Å². The Morgan fingerprint density at radius 1 is 0.931 bits per heavy atom. The van der Waals surface area contributed by atoms with E-state index in [-0.39, 0.29) is 31.7 Å². The van der Waals surface area contributed by atoms with Crippen LogP contribution in [0.3, 0.4) is 0 Å². The van der Waals surface area contributed by atoms with Gasteiger partial charge in [-0.2, -0.15) is 11.8 Å². The van der Waals surface area contributed by atoms with Gasteiger partial charge in [0.15, 0.2) is 0 Å². The number of carbonyl (C=O) groups excluding carboxylic acids is 3. The summed E-state index contributed by atoms with van der Waals surface area (Å²) in [5.74, 6) is -4.28. The summed E-state index contributed by atoms with van der Waals surface area (Å²) in [6, 6.07) is -3.36. The summed E-state index contributed by atoms with van der Waals surface area (Å²) < 4.78 is 0. The number of carboxylic acids is 2. The number of nitrogens with two attached hydrogens (primary N) is 1. The third-order valence-corrected chi connectivity index (χ3v) is 4.60. The lowest BCUT2D eigenvalue weighted by Crippen LogP contribution is -2.57. The van der Waals surface area contributed by atoms with Crippen molar-refractivity contribution in [3.63, 3.8) is 0 Å². The maximum atomic E-state index is 12.6. The van der Waals surface area contributed by atoms with Gasteiger partial charge in [0.1, 0.15) is 18.1 Å². The third kappa shape index (κ3) is 10.7. The smallest absolute Gasteiger partial charge is 0.326 e. The van der Waals surface area contributed by atoms with Gasteiger partial charge in [-0.25, -0.2) is 4.79 Å². The van der Waals surface area contributed by atoms with Gasteiger partial charge in [0.25, 0.3) is 0 Å². The maximum Gasteiger partial charge on any atom is 0.326 e. The van der Waals surface area contributed by atoms with Crippen LogP contribution in [0.25, 0.3) is 0 Å². The molecule has 0 aliphatic rings. The Morgan fingerprint density at radius 3 is 2.00 bits per heavy atom. The van der Waals surface area contributed by atoms with Crippen molar-refractivity contribution in [1.82, 2.24) is 16.0 Å². The summed E-state index contributed by atoms with van der Waals surface area (Å²) in [6.07, 6.45) is 1.46. The van der Waals surface area contributed by atoms with Crippen LogP contribution in [0.1, 0.15) is 33.1 Å². The van der Waals surface area contributed by atoms with Crippen LogP contribution < -0.4 is 21.7 Å². The zero-order valence-corrected chi connectivity index (χ0v) is 17.6. The molecular formula is C17H30N4O7S. The van der Waals surface area contributed by atoms with Gasteiger partial charge in [-0.05, 0) is 30.8 Å². The molecular weight excluding hydrogens is 404 g/mol. The highest BCUT2D eigenvalue weighted by atomic mass is 32.2. The highest BCUT2D eigenvalue weighted by Crippen LogP contribution is 2.07. The summed E-state index contributed by atoms with van der Waals surface area (Å²) >= 11 is 1.44. The van der Waals surface area contributed by atoms with Crippen LogP contribution in [0.2, 0.25) is 0 Å². The Balaban J connectivity index is 5.25. The van der Waals surface area contributed by atoms with E-state index in [4.69, 9.17) is 10.8 Å². The van der Waals surface area contributed by atoms with Crippen LogP contribution >= 0.6 is 11.8 Å². The Labute approximate surface area is 173 Å². The molecule has 0 heterocycles. The van der Waals surface area contributed by atoms with Gasteiger partial charge in [-0.1, -0.05) is 13.8 Å². The number of carbonyl (C=O) groups is 5. The summed E-state index contributed by atoms with van der Waals surface area (Å²) in [7, 11) is 0. The summed E-state index contributed by atoms with van der Waals surface area (Å²) in [6.45, 7) is 2.93. The van der Waals surface area contributed by atoms with Gasteiger partial charge < -0.3 is 31.9 Å². The third-order valence-electron chi connectivity index (χ3n) is 3.96. The Hall–Kier alpha value is -2.34. The molecule has 0 saturated heterocycles. The van der Waals surface area contributed by atoms with Crippen LogP contribution in [0.15, 0.2) is 0 Å². The first kappa shape index (κ1) is 26.7. The van der Waals surface area contributed by atoms with E-state index in [1.165, 1.54) is 11.8 Å². The van der Waals surface area contributed by atoms with Crippen molar-refractivity contribution >= 4 is 41.4 Å². The SMILES string of the molecule is CSCCC(NC(=O)C(NC(=O)C(CCC(=O)O)NC(=O)CN)C(C)C)C(=O)O. The molecule has 0 bridgehead atoms. The Bertz CT molecular complexity index is 600. The lowest BCUT2D eigenvalue weighted by atomic mass is 10.0. The van der Waals surface area contributed by atoms with Crippen molar-refractivity contribution in [2.75, 3.05) is 18.6 Å². The highest BCUT2D eigenvalue weighted by molar-refractivity contribution is 7.98. The van der Waals surface area contributed by atoms with Crippen LogP contribution in [-0.2, 0) is 24.0 Å². The topological polar surface area (TPSA) is 188 Å². The first-order valence-electron chi connectivity index (χ1n) is 9.07. The van der Waals surface area contributed by atoms with Gasteiger partial charge in [0.05, 0.1) is 6.54 Å². The Morgan fingerprint density at radius 2 is 1.55 bits per heavy atom. The van der Waals surface area contributed by atoms with Gasteiger partial charge in [-0.15, -0.1) is 0 Å². The minimum atomic E-state index is -1.19. The van der Waals surface area contributed by atoms with E-state index < -0.39 is 47.8 Å². The lowest BCUT2D eigenvalue weighted by Gasteiger charge is -2.26. The molecule has 0 spiro atoms. The van der Waals surface area contributed by atoms with Gasteiger partial charge in [-0.3, -0.25) is 19.2 Å². The number of thioether (sulfide) groups is 1. The molecule has 0 saturated carbocycles. The first-order chi connectivity index (χ1) is 13.5. The minimum absolute atomic E-state index is 0.190. The predicted molar refractivity (Wildman–Crippen MR) is 107 cm³/mol. The first-order valence-corrected chi connectivity index (χ1v) is 10.5. The van der Waals surface area contributed by atoms with Crippen LogP contribution in [-0.4, -0.2) is 76.6 Å². The fraction of sp³-hybridized carbons (Fsp3) is 0.706. The van der Waals surface area contributed by atoms with E-state index in [0.717, 1.165) is 0 Å². The predicted octanol–water partition coefficient (Wildman–Crippen LogP) is -1.24. The molecule has 3 unspecified atom stereocenters. The summed E-state index contributed by atoms with van der Waals surface area (Å²) in [5, 5.41) is 25.3. The molecule has 3 atom stereocenters. The van der Waals surface area contributed by atoms with E-state index in [2.05, 4.69) is 16.0 Å². The molecule has 0 aromatic rings. The largest absolute Gasteiger partial charge is 0.481 e. The normalized spacial score (nSPS) is 13.8. The average Bonchev–Trinajstić information content (AvgIpc) is 2.64. The van der Waals surface area contributed by atoms with Crippen LogP contribution in [0.4, 0.5) is 0 Å². The van der Waals surface area contributed by atoms with Gasteiger partial charge in [0.2, 0.25) is 17.7 Å². The second kappa shape index (κ2) is 13.8. The van der Waals surface area contributed by atoms with Crippen molar-refractivity contribution in [2.24, 2.45) is 11.7 Å². The van der Waals surface area contributed by atoms with Crippen molar-refractivity contribution < 1.29 is 34.2 Å². The molecule has 0 aromatic heterocycles. The second-order valence-corrected chi connectivity index (χ2v) is 7.65. The molecule has 12 heteroatoms. The number of hydrogen-bond acceptors (Lipinski definition) is 7. The van der Waals surface area contributed by atoms with Crippen LogP contribution in [0.5, 0.6) is 0 Å². The van der Waals surface area contributed by atoms with E-state index in [1.54, 1.807) is 13.8 Å². The van der Waals surface area contributed by atoms with Crippen molar-refractivity contribution in [1.29, 1.82) is 0 Å². The van der Waals surface area contributed by atoms with E-state index >= 15 is 0 Å². The summed E-state index contributed by atoms with van der Waals surface area (Å²) in [4.78, 5) is 58.8.